The van der Waals surface area contributed by atoms with Crippen LogP contribution in [0.2, 0.25) is 0 Å². The van der Waals surface area contributed by atoms with Crippen LogP contribution in [-0.4, -0.2) is 37.2 Å². The molecule has 0 aromatic heterocycles. The molecule has 338 valence electrons. The van der Waals surface area contributed by atoms with Gasteiger partial charge in [-0.2, -0.15) is 0 Å². The molecule has 0 aliphatic rings. The third-order valence-electron chi connectivity index (χ3n) is 11.5. The molecule has 6 heteroatoms. The van der Waals surface area contributed by atoms with Crippen LogP contribution in [0.4, 0.5) is 0 Å². The van der Waals surface area contributed by atoms with Crippen LogP contribution in [0.3, 0.4) is 0 Å². The van der Waals surface area contributed by atoms with Gasteiger partial charge in [0.2, 0.25) is 0 Å². The molecule has 0 rings (SSSR count). The summed E-state index contributed by atoms with van der Waals surface area (Å²) in [5.41, 5.74) is 0. The summed E-state index contributed by atoms with van der Waals surface area (Å²) in [5.74, 6) is 0.789. The second-order valence-corrected chi connectivity index (χ2v) is 18.4. The van der Waals surface area contributed by atoms with E-state index in [1.165, 1.54) is 167 Å². The van der Waals surface area contributed by atoms with Crippen LogP contribution in [0.25, 0.3) is 0 Å². The van der Waals surface area contributed by atoms with Crippen LogP contribution in [0.15, 0.2) is 0 Å². The molecular formula is C51H98O6. The van der Waals surface area contributed by atoms with Crippen LogP contribution < -0.4 is 0 Å². The van der Waals surface area contributed by atoms with E-state index in [0.29, 0.717) is 19.3 Å². The molecule has 0 radical (unpaired) electrons. The largest absolute Gasteiger partial charge is 0.462 e. The first kappa shape index (κ1) is 55.4. The Morgan fingerprint density at radius 3 is 0.860 bits per heavy atom. The lowest BCUT2D eigenvalue weighted by Gasteiger charge is -2.18. The highest BCUT2D eigenvalue weighted by atomic mass is 16.6. The third-order valence-corrected chi connectivity index (χ3v) is 11.5. The Morgan fingerprint density at radius 1 is 0.333 bits per heavy atom. The Hall–Kier alpha value is -1.59. The van der Waals surface area contributed by atoms with Crippen molar-refractivity contribution in [2.75, 3.05) is 13.2 Å². The summed E-state index contributed by atoms with van der Waals surface area (Å²) in [6.45, 7) is 11.3. The van der Waals surface area contributed by atoms with Gasteiger partial charge in [-0.3, -0.25) is 14.4 Å². The van der Waals surface area contributed by atoms with Gasteiger partial charge in [0.25, 0.3) is 0 Å². The number of esters is 3. The van der Waals surface area contributed by atoms with Gasteiger partial charge in [0.15, 0.2) is 6.10 Å². The molecule has 0 aliphatic carbocycles. The number of ether oxygens (including phenoxy) is 3. The number of hydrogen-bond acceptors (Lipinski definition) is 6. The first-order chi connectivity index (χ1) is 27.7. The number of carbonyl (C=O) groups excluding carboxylic acids is 3. The Kier molecular flexibility index (Phi) is 42.7. The van der Waals surface area contributed by atoms with E-state index in [4.69, 9.17) is 14.2 Å². The van der Waals surface area contributed by atoms with Gasteiger partial charge in [0, 0.05) is 19.3 Å². The first-order valence-corrected chi connectivity index (χ1v) is 25.2. The normalized spacial score (nSPS) is 12.1. The van der Waals surface area contributed by atoms with Crippen molar-refractivity contribution >= 4 is 17.9 Å². The first-order valence-electron chi connectivity index (χ1n) is 25.2. The minimum atomic E-state index is -0.761. The quantitative estimate of drug-likeness (QED) is 0.0346. The fourth-order valence-electron chi connectivity index (χ4n) is 7.64. The van der Waals surface area contributed by atoms with E-state index in [9.17, 15) is 14.4 Å². The lowest BCUT2D eigenvalue weighted by Crippen LogP contribution is -2.30. The highest BCUT2D eigenvalue weighted by molar-refractivity contribution is 5.71. The fraction of sp³-hybridized carbons (Fsp3) is 0.941. The van der Waals surface area contributed by atoms with Crippen LogP contribution >= 0.6 is 0 Å². The van der Waals surface area contributed by atoms with Crippen molar-refractivity contribution in [3.05, 3.63) is 0 Å². The lowest BCUT2D eigenvalue weighted by molar-refractivity contribution is -0.167. The van der Waals surface area contributed by atoms with E-state index >= 15 is 0 Å². The van der Waals surface area contributed by atoms with Crippen LogP contribution in [0, 0.1) is 11.8 Å². The molecule has 0 aliphatic heterocycles. The van der Waals surface area contributed by atoms with Crippen molar-refractivity contribution in [1.29, 1.82) is 0 Å². The molecule has 0 heterocycles. The SMILES string of the molecule is CCCCCCCCCCCCCC(=O)O[C@@H](COC(=O)CCCCCCCCCCCCCCCCC(C)C)COC(=O)CCCCCCCCCCC(C)C. The van der Waals surface area contributed by atoms with Gasteiger partial charge in [0.05, 0.1) is 0 Å². The molecule has 0 amide bonds. The smallest absolute Gasteiger partial charge is 0.306 e. The lowest BCUT2D eigenvalue weighted by atomic mass is 10.0. The molecule has 0 bridgehead atoms. The van der Waals surface area contributed by atoms with E-state index in [2.05, 4.69) is 34.6 Å². The van der Waals surface area contributed by atoms with Crippen LogP contribution in [0.1, 0.15) is 279 Å². The standard InChI is InChI=1S/C51H98O6/c1-6-7-8-9-10-11-16-21-28-33-38-43-51(54)57-48(45-56-50(53)42-37-32-27-23-22-25-30-35-40-47(4)5)44-55-49(52)41-36-31-26-20-18-15-13-12-14-17-19-24-29-34-39-46(2)3/h46-48H,6-45H2,1-5H3/t48-/m0/s1. The summed E-state index contributed by atoms with van der Waals surface area (Å²) < 4.78 is 16.8. The fourth-order valence-corrected chi connectivity index (χ4v) is 7.64. The zero-order valence-corrected chi connectivity index (χ0v) is 39.0. The Balaban J connectivity index is 4.27. The summed E-state index contributed by atoms with van der Waals surface area (Å²) in [5, 5.41) is 0. The maximum absolute atomic E-state index is 12.7. The molecule has 0 unspecified atom stereocenters. The maximum atomic E-state index is 12.7. The van der Waals surface area contributed by atoms with Gasteiger partial charge < -0.3 is 14.2 Å². The van der Waals surface area contributed by atoms with Crippen molar-refractivity contribution in [3.8, 4) is 0 Å². The van der Waals surface area contributed by atoms with Crippen molar-refractivity contribution < 1.29 is 28.6 Å². The summed E-state index contributed by atoms with van der Waals surface area (Å²) in [6.07, 6.45) is 43.8. The van der Waals surface area contributed by atoms with Crippen LogP contribution in [-0.2, 0) is 28.6 Å². The number of carbonyl (C=O) groups is 3. The van der Waals surface area contributed by atoms with Gasteiger partial charge >= 0.3 is 17.9 Å². The monoisotopic (exact) mass is 807 g/mol. The number of rotatable bonds is 45. The predicted octanol–water partition coefficient (Wildman–Crippen LogP) is 16.1. The van der Waals surface area contributed by atoms with Gasteiger partial charge in [0.1, 0.15) is 13.2 Å². The summed E-state index contributed by atoms with van der Waals surface area (Å²) in [4.78, 5) is 37.8. The van der Waals surface area contributed by atoms with Gasteiger partial charge in [-0.05, 0) is 31.1 Å². The predicted molar refractivity (Wildman–Crippen MR) is 243 cm³/mol. The number of unbranched alkanes of at least 4 members (excludes halogenated alkanes) is 30. The Labute approximate surface area is 355 Å². The molecule has 57 heavy (non-hydrogen) atoms. The van der Waals surface area contributed by atoms with Gasteiger partial charge in [-0.25, -0.2) is 0 Å². The summed E-state index contributed by atoms with van der Waals surface area (Å²) in [7, 11) is 0. The highest BCUT2D eigenvalue weighted by Crippen LogP contribution is 2.17. The highest BCUT2D eigenvalue weighted by Gasteiger charge is 2.19. The second-order valence-electron chi connectivity index (χ2n) is 18.4. The van der Waals surface area contributed by atoms with Gasteiger partial charge in [-0.1, -0.05) is 240 Å². The van der Waals surface area contributed by atoms with E-state index in [-0.39, 0.29) is 31.1 Å². The Morgan fingerprint density at radius 2 is 0.579 bits per heavy atom. The topological polar surface area (TPSA) is 78.9 Å². The molecule has 0 saturated carbocycles. The molecule has 0 N–H and O–H groups in total. The molecule has 0 aromatic carbocycles. The second kappa shape index (κ2) is 44.0. The van der Waals surface area contributed by atoms with E-state index in [1.54, 1.807) is 0 Å². The molecule has 0 aromatic rings. The minimum Gasteiger partial charge on any atom is -0.462 e. The molecule has 6 nitrogen and oxygen atoms in total. The van der Waals surface area contributed by atoms with Crippen molar-refractivity contribution in [2.24, 2.45) is 11.8 Å². The molecular weight excluding hydrogens is 709 g/mol. The zero-order chi connectivity index (χ0) is 41.9. The van der Waals surface area contributed by atoms with Crippen molar-refractivity contribution in [1.82, 2.24) is 0 Å². The average molecular weight is 807 g/mol. The van der Waals surface area contributed by atoms with E-state index < -0.39 is 6.10 Å². The number of hydrogen-bond donors (Lipinski definition) is 0. The van der Waals surface area contributed by atoms with E-state index in [0.717, 1.165) is 69.6 Å². The van der Waals surface area contributed by atoms with Gasteiger partial charge in [-0.15, -0.1) is 0 Å². The summed E-state index contributed by atoms with van der Waals surface area (Å²) in [6, 6.07) is 0. The van der Waals surface area contributed by atoms with E-state index in [1.807, 2.05) is 0 Å². The molecule has 1 atom stereocenters. The molecule has 0 spiro atoms. The van der Waals surface area contributed by atoms with Crippen LogP contribution in [0.5, 0.6) is 0 Å². The van der Waals surface area contributed by atoms with Crippen molar-refractivity contribution in [2.45, 2.75) is 285 Å². The third kappa shape index (κ3) is 45.3. The summed E-state index contributed by atoms with van der Waals surface area (Å²) >= 11 is 0. The Bertz CT molecular complexity index is 870. The zero-order valence-electron chi connectivity index (χ0n) is 39.0. The molecule has 0 saturated heterocycles. The van der Waals surface area contributed by atoms with Crippen molar-refractivity contribution in [3.63, 3.8) is 0 Å². The average Bonchev–Trinajstić information content (AvgIpc) is 3.18. The maximum Gasteiger partial charge on any atom is 0.306 e. The molecule has 0 fully saturated rings. The minimum absolute atomic E-state index is 0.0641.